The van der Waals surface area contributed by atoms with Crippen LogP contribution in [0.3, 0.4) is 0 Å². The molecule has 3 atom stereocenters. The zero-order valence-corrected chi connectivity index (χ0v) is 14.0. The monoisotopic (exact) mass is 366 g/mol. The van der Waals surface area contributed by atoms with E-state index in [1.165, 1.54) is 0 Å². The number of hydrogen-bond acceptors (Lipinski definition) is 3. The van der Waals surface area contributed by atoms with Crippen molar-refractivity contribution in [1.29, 1.82) is 5.26 Å². The fourth-order valence-electron chi connectivity index (χ4n) is 3.71. The lowest BCUT2D eigenvalue weighted by molar-refractivity contribution is 0.0716. The molecule has 0 N–H and O–H groups in total. The Hall–Kier alpha value is -2.12. The Balaban J connectivity index is 1.68. The molecule has 0 spiro atoms. The van der Waals surface area contributed by atoms with E-state index in [0.29, 0.717) is 6.42 Å². The summed E-state index contributed by atoms with van der Waals surface area (Å²) in [6.45, 7) is 0. The minimum absolute atomic E-state index is 0.0103. The molecule has 2 aromatic carbocycles. The van der Waals surface area contributed by atoms with Crippen LogP contribution in [0, 0.1) is 17.2 Å². The van der Waals surface area contributed by atoms with Crippen LogP contribution in [-0.4, -0.2) is 11.8 Å². The number of rotatable bonds is 2. The number of oxime groups is 1. The quantitative estimate of drug-likeness (QED) is 0.789. The summed E-state index contributed by atoms with van der Waals surface area (Å²) >= 11 is 3.51. The molecule has 3 nitrogen and oxygen atoms in total. The zero-order valence-electron chi connectivity index (χ0n) is 12.4. The van der Waals surface area contributed by atoms with Crippen LogP contribution in [0.15, 0.2) is 64.2 Å². The lowest BCUT2D eigenvalue weighted by atomic mass is 9.79. The molecule has 1 heterocycles. The summed E-state index contributed by atoms with van der Waals surface area (Å²) in [5, 5.41) is 14.2. The van der Waals surface area contributed by atoms with Gasteiger partial charge in [-0.2, -0.15) is 5.26 Å². The highest BCUT2D eigenvalue weighted by Gasteiger charge is 2.52. The maximum absolute atomic E-state index is 9.87. The summed E-state index contributed by atoms with van der Waals surface area (Å²) in [7, 11) is 0. The maximum Gasteiger partial charge on any atom is 0.137 e. The summed E-state index contributed by atoms with van der Waals surface area (Å²) in [4.78, 5) is 5.68. The van der Waals surface area contributed by atoms with Gasteiger partial charge in [0, 0.05) is 22.4 Å². The smallest absolute Gasteiger partial charge is 0.137 e. The fourth-order valence-corrected chi connectivity index (χ4v) is 4.11. The van der Waals surface area contributed by atoms with E-state index in [1.54, 1.807) is 0 Å². The van der Waals surface area contributed by atoms with E-state index in [1.807, 2.05) is 48.5 Å². The topological polar surface area (TPSA) is 45.4 Å². The number of halogens is 1. The van der Waals surface area contributed by atoms with Gasteiger partial charge in [-0.1, -0.05) is 63.6 Å². The van der Waals surface area contributed by atoms with E-state index in [9.17, 15) is 5.26 Å². The van der Waals surface area contributed by atoms with Gasteiger partial charge in [0.15, 0.2) is 0 Å². The number of benzene rings is 2. The van der Waals surface area contributed by atoms with Gasteiger partial charge in [0.25, 0.3) is 0 Å². The normalized spacial score (nSPS) is 28.6. The lowest BCUT2D eigenvalue weighted by Crippen LogP contribution is -2.22. The minimum atomic E-state index is -0.482. The number of nitriles is 1. The predicted molar refractivity (Wildman–Crippen MR) is 92.0 cm³/mol. The Morgan fingerprint density at radius 3 is 2.70 bits per heavy atom. The van der Waals surface area contributed by atoms with Gasteiger partial charge in [-0.25, -0.2) is 0 Å². The second kappa shape index (κ2) is 5.50. The van der Waals surface area contributed by atoms with E-state index in [0.717, 1.165) is 27.7 Å². The Bertz CT molecular complexity index is 812. The summed E-state index contributed by atoms with van der Waals surface area (Å²) in [6.07, 6.45) is 1.44. The standard InChI is InChI=1S/C19H15BrN2O/c20-15-8-4-5-13(9-15)18-16-10-19(12-21,11-17(16)23-22-18)14-6-2-1-3-7-14/h1-9,16-17H,10-11H2/t16-,17+,19+/m0/s1. The lowest BCUT2D eigenvalue weighted by Gasteiger charge is -2.21. The minimum Gasteiger partial charge on any atom is -0.391 e. The highest BCUT2D eigenvalue weighted by Crippen LogP contribution is 2.48. The van der Waals surface area contributed by atoms with Gasteiger partial charge >= 0.3 is 0 Å². The Morgan fingerprint density at radius 1 is 1.13 bits per heavy atom. The molecular formula is C19H15BrN2O. The Kier molecular flexibility index (Phi) is 3.46. The number of fused-ring (bicyclic) bond motifs is 1. The van der Waals surface area contributed by atoms with Crippen molar-refractivity contribution in [1.82, 2.24) is 0 Å². The third kappa shape index (κ3) is 2.36. The van der Waals surface area contributed by atoms with Gasteiger partial charge in [-0.05, 0) is 24.1 Å². The molecule has 2 aliphatic rings. The molecule has 4 rings (SSSR count). The molecule has 1 aliphatic carbocycles. The third-order valence-corrected chi connectivity index (χ3v) is 5.36. The van der Waals surface area contributed by atoms with Crippen molar-refractivity contribution in [2.45, 2.75) is 24.4 Å². The van der Waals surface area contributed by atoms with Crippen molar-refractivity contribution in [2.24, 2.45) is 11.1 Å². The van der Waals surface area contributed by atoms with E-state index < -0.39 is 5.41 Å². The van der Waals surface area contributed by atoms with Crippen LogP contribution in [0.4, 0.5) is 0 Å². The van der Waals surface area contributed by atoms with Gasteiger partial charge < -0.3 is 4.84 Å². The van der Waals surface area contributed by atoms with Gasteiger partial charge in [-0.15, -0.1) is 0 Å². The number of nitrogens with zero attached hydrogens (tertiary/aromatic N) is 2. The van der Waals surface area contributed by atoms with Crippen LogP contribution < -0.4 is 0 Å². The predicted octanol–water partition coefficient (Wildman–Crippen LogP) is 4.42. The first-order valence-electron chi connectivity index (χ1n) is 7.68. The van der Waals surface area contributed by atoms with Crippen LogP contribution in [0.25, 0.3) is 0 Å². The summed E-state index contributed by atoms with van der Waals surface area (Å²) in [5.41, 5.74) is 2.62. The van der Waals surface area contributed by atoms with Gasteiger partial charge in [-0.3, -0.25) is 0 Å². The molecule has 1 fully saturated rings. The molecule has 1 aliphatic heterocycles. The highest BCUT2D eigenvalue weighted by molar-refractivity contribution is 9.10. The van der Waals surface area contributed by atoms with Gasteiger partial charge in [0.2, 0.25) is 0 Å². The van der Waals surface area contributed by atoms with Crippen LogP contribution in [0.5, 0.6) is 0 Å². The maximum atomic E-state index is 9.87. The van der Waals surface area contributed by atoms with Gasteiger partial charge in [0.05, 0.1) is 17.2 Å². The van der Waals surface area contributed by atoms with Crippen molar-refractivity contribution in [3.63, 3.8) is 0 Å². The average Bonchev–Trinajstić information content (AvgIpc) is 3.13. The summed E-state index contributed by atoms with van der Waals surface area (Å²) in [5.74, 6) is 0.171. The van der Waals surface area contributed by atoms with Crippen LogP contribution >= 0.6 is 15.9 Å². The fraction of sp³-hybridized carbons (Fsp3) is 0.263. The largest absolute Gasteiger partial charge is 0.391 e. The van der Waals surface area contributed by atoms with Crippen LogP contribution in [0.1, 0.15) is 24.0 Å². The van der Waals surface area contributed by atoms with Crippen molar-refractivity contribution in [3.05, 3.63) is 70.2 Å². The van der Waals surface area contributed by atoms with E-state index in [-0.39, 0.29) is 12.0 Å². The molecule has 0 radical (unpaired) electrons. The molecule has 23 heavy (non-hydrogen) atoms. The summed E-state index contributed by atoms with van der Waals surface area (Å²) in [6, 6.07) is 20.7. The molecule has 0 bridgehead atoms. The van der Waals surface area contributed by atoms with Crippen molar-refractivity contribution < 1.29 is 4.84 Å². The molecule has 0 unspecified atom stereocenters. The SMILES string of the molecule is N#C[C@@]1(c2ccccc2)C[C@@H]2C(c3cccc(Br)c3)=NO[C@@H]2C1. The molecule has 0 saturated heterocycles. The molecule has 1 saturated carbocycles. The first kappa shape index (κ1) is 14.5. The van der Waals surface area contributed by atoms with E-state index in [4.69, 9.17) is 4.84 Å². The van der Waals surface area contributed by atoms with Crippen LogP contribution in [-0.2, 0) is 10.3 Å². The first-order chi connectivity index (χ1) is 11.2. The van der Waals surface area contributed by atoms with Gasteiger partial charge in [0.1, 0.15) is 6.10 Å². The molecule has 4 heteroatoms. The zero-order chi connectivity index (χ0) is 15.9. The van der Waals surface area contributed by atoms with E-state index in [2.05, 4.69) is 33.2 Å². The second-order valence-corrected chi connectivity index (χ2v) is 7.12. The first-order valence-corrected chi connectivity index (χ1v) is 8.48. The second-order valence-electron chi connectivity index (χ2n) is 6.21. The average molecular weight is 367 g/mol. The molecule has 2 aromatic rings. The highest BCUT2D eigenvalue weighted by atomic mass is 79.9. The number of hydrogen-bond donors (Lipinski definition) is 0. The third-order valence-electron chi connectivity index (χ3n) is 4.87. The molecule has 0 aromatic heterocycles. The van der Waals surface area contributed by atoms with Crippen molar-refractivity contribution in [2.75, 3.05) is 0 Å². The van der Waals surface area contributed by atoms with Crippen LogP contribution in [0.2, 0.25) is 0 Å². The summed E-state index contributed by atoms with van der Waals surface area (Å²) < 4.78 is 1.02. The molecular weight excluding hydrogens is 352 g/mol. The van der Waals surface area contributed by atoms with Crippen molar-refractivity contribution >= 4 is 21.6 Å². The Labute approximate surface area is 143 Å². The van der Waals surface area contributed by atoms with Crippen molar-refractivity contribution in [3.8, 4) is 6.07 Å². The Morgan fingerprint density at radius 2 is 1.96 bits per heavy atom. The molecule has 114 valence electrons. The van der Waals surface area contributed by atoms with E-state index >= 15 is 0 Å². The molecule has 0 amide bonds.